The molecule has 1 amide bonds. The lowest BCUT2D eigenvalue weighted by Crippen LogP contribution is -2.32. The number of aliphatic imine (C=N–C) groups is 1. The van der Waals surface area contributed by atoms with Gasteiger partial charge in [0, 0.05) is 11.8 Å². The molecule has 2 aromatic rings. The molecule has 1 N–H and O–H groups in total. The van der Waals surface area contributed by atoms with E-state index in [2.05, 4.69) is 15.3 Å². The van der Waals surface area contributed by atoms with E-state index < -0.39 is 11.7 Å². The van der Waals surface area contributed by atoms with Gasteiger partial charge in [-0.15, -0.1) is 0 Å². The number of amides is 1. The van der Waals surface area contributed by atoms with Crippen molar-refractivity contribution < 1.29 is 13.9 Å². The average Bonchev–Trinajstić information content (AvgIpc) is 2.54. The molecule has 0 atom stereocenters. The van der Waals surface area contributed by atoms with Crippen LogP contribution in [0.1, 0.15) is 23.0 Å². The van der Waals surface area contributed by atoms with Crippen molar-refractivity contribution in [2.45, 2.75) is 13.5 Å². The number of hydrogen-bond donors (Lipinski definition) is 1. The number of amidine groups is 1. The van der Waals surface area contributed by atoms with Crippen LogP contribution in [0, 0.1) is 5.82 Å². The van der Waals surface area contributed by atoms with E-state index >= 15 is 0 Å². The van der Waals surface area contributed by atoms with Gasteiger partial charge in [-0.2, -0.15) is 0 Å². The van der Waals surface area contributed by atoms with E-state index in [-0.39, 0.29) is 6.02 Å². The highest BCUT2D eigenvalue weighted by atomic mass is 19.1. The average molecular weight is 301 g/mol. The predicted molar refractivity (Wildman–Crippen MR) is 80.9 cm³/mol. The van der Waals surface area contributed by atoms with E-state index in [1.165, 1.54) is 24.3 Å². The Bertz CT molecular complexity index is 642. The molecular formula is C16H16FN3O2. The van der Waals surface area contributed by atoms with Crippen LogP contribution in [-0.2, 0) is 11.3 Å². The number of carbonyl (C=O) groups is 1. The number of nitrogens with one attached hydrogen (secondary N) is 1. The molecule has 1 heterocycles. The van der Waals surface area contributed by atoms with E-state index in [0.717, 1.165) is 5.69 Å². The molecule has 0 saturated heterocycles. The van der Waals surface area contributed by atoms with Crippen molar-refractivity contribution in [1.82, 2.24) is 10.3 Å². The van der Waals surface area contributed by atoms with Crippen LogP contribution in [0.15, 0.2) is 53.7 Å². The molecule has 0 bridgehead atoms. The van der Waals surface area contributed by atoms with Crippen molar-refractivity contribution >= 4 is 11.9 Å². The first-order valence-corrected chi connectivity index (χ1v) is 6.83. The molecule has 0 fully saturated rings. The van der Waals surface area contributed by atoms with Crippen LogP contribution in [0.4, 0.5) is 4.39 Å². The maximum atomic E-state index is 12.9. The summed E-state index contributed by atoms with van der Waals surface area (Å²) in [6.07, 6.45) is 1.67. The van der Waals surface area contributed by atoms with Gasteiger partial charge in [0.25, 0.3) is 11.9 Å². The highest BCUT2D eigenvalue weighted by Gasteiger charge is 2.09. The highest BCUT2D eigenvalue weighted by molar-refractivity contribution is 6.04. The van der Waals surface area contributed by atoms with E-state index in [1.54, 1.807) is 13.1 Å². The molecule has 1 aromatic carbocycles. The third-order valence-electron chi connectivity index (χ3n) is 2.72. The van der Waals surface area contributed by atoms with E-state index in [4.69, 9.17) is 4.74 Å². The molecule has 0 aliphatic rings. The Morgan fingerprint density at radius 3 is 2.68 bits per heavy atom. The fourth-order valence-corrected chi connectivity index (χ4v) is 1.67. The largest absolute Gasteiger partial charge is 0.465 e. The first-order valence-electron chi connectivity index (χ1n) is 6.83. The minimum absolute atomic E-state index is 0.113. The molecule has 114 valence electrons. The molecular weight excluding hydrogens is 285 g/mol. The van der Waals surface area contributed by atoms with Gasteiger partial charge in [-0.25, -0.2) is 9.38 Å². The number of pyridine rings is 1. The first-order chi connectivity index (χ1) is 10.7. The standard InChI is InChI=1S/C16H16FN3O2/c1-2-22-16(19-11-14-5-3-4-10-18-14)20-15(21)12-6-8-13(17)9-7-12/h3-10H,2,11H2,1H3,(H,19,20,21). The predicted octanol–water partition coefficient (Wildman–Crippen LogP) is 2.54. The van der Waals surface area contributed by atoms with Gasteiger partial charge in [-0.3, -0.25) is 15.1 Å². The number of halogens is 1. The molecule has 2 rings (SSSR count). The zero-order valence-electron chi connectivity index (χ0n) is 12.1. The van der Waals surface area contributed by atoms with E-state index in [1.807, 2.05) is 18.2 Å². The van der Waals surface area contributed by atoms with Gasteiger partial charge in [-0.05, 0) is 43.3 Å². The van der Waals surface area contributed by atoms with Crippen molar-refractivity contribution in [2.75, 3.05) is 6.61 Å². The minimum atomic E-state index is -0.409. The number of hydrogen-bond acceptors (Lipinski definition) is 4. The monoisotopic (exact) mass is 301 g/mol. The van der Waals surface area contributed by atoms with Crippen LogP contribution in [0.5, 0.6) is 0 Å². The maximum Gasteiger partial charge on any atom is 0.292 e. The fraction of sp³-hybridized carbons (Fsp3) is 0.188. The Hall–Kier alpha value is -2.76. The van der Waals surface area contributed by atoms with Gasteiger partial charge in [-0.1, -0.05) is 6.07 Å². The molecule has 0 radical (unpaired) electrons. The normalized spacial score (nSPS) is 11.1. The number of aromatic nitrogens is 1. The number of carbonyl (C=O) groups excluding carboxylic acids is 1. The number of ether oxygens (including phenoxy) is 1. The Labute approximate surface area is 127 Å². The maximum absolute atomic E-state index is 12.9. The van der Waals surface area contributed by atoms with Gasteiger partial charge in [0.1, 0.15) is 5.82 Å². The van der Waals surface area contributed by atoms with Crippen LogP contribution in [0.3, 0.4) is 0 Å². The molecule has 0 spiro atoms. The summed E-state index contributed by atoms with van der Waals surface area (Å²) in [6.45, 7) is 2.45. The molecule has 6 heteroatoms. The van der Waals surface area contributed by atoms with Crippen molar-refractivity contribution in [2.24, 2.45) is 4.99 Å². The summed E-state index contributed by atoms with van der Waals surface area (Å²) < 4.78 is 18.2. The second-order valence-corrected chi connectivity index (χ2v) is 4.34. The zero-order valence-corrected chi connectivity index (χ0v) is 12.1. The quantitative estimate of drug-likeness (QED) is 0.697. The number of benzene rings is 1. The van der Waals surface area contributed by atoms with Crippen LogP contribution in [0.2, 0.25) is 0 Å². The second-order valence-electron chi connectivity index (χ2n) is 4.34. The Kier molecular flexibility index (Phi) is 5.59. The zero-order chi connectivity index (χ0) is 15.8. The summed E-state index contributed by atoms with van der Waals surface area (Å²) in [5.74, 6) is -0.807. The minimum Gasteiger partial charge on any atom is -0.465 e. The Morgan fingerprint density at radius 1 is 1.27 bits per heavy atom. The smallest absolute Gasteiger partial charge is 0.292 e. The summed E-state index contributed by atoms with van der Waals surface area (Å²) >= 11 is 0. The lowest BCUT2D eigenvalue weighted by Gasteiger charge is -2.09. The van der Waals surface area contributed by atoms with Crippen LogP contribution in [0.25, 0.3) is 0 Å². The van der Waals surface area contributed by atoms with Gasteiger partial charge in [0.15, 0.2) is 0 Å². The number of rotatable bonds is 4. The summed E-state index contributed by atoms with van der Waals surface area (Å²) in [7, 11) is 0. The molecule has 0 saturated carbocycles. The molecule has 0 aliphatic heterocycles. The van der Waals surface area contributed by atoms with Crippen molar-refractivity contribution in [3.63, 3.8) is 0 Å². The number of nitrogens with zero attached hydrogens (tertiary/aromatic N) is 2. The second kappa shape index (κ2) is 7.87. The van der Waals surface area contributed by atoms with Gasteiger partial charge < -0.3 is 4.74 Å². The van der Waals surface area contributed by atoms with Crippen molar-refractivity contribution in [3.8, 4) is 0 Å². The van der Waals surface area contributed by atoms with Gasteiger partial charge >= 0.3 is 0 Å². The third kappa shape index (κ3) is 4.66. The van der Waals surface area contributed by atoms with E-state index in [0.29, 0.717) is 18.7 Å². The lowest BCUT2D eigenvalue weighted by atomic mass is 10.2. The molecule has 5 nitrogen and oxygen atoms in total. The molecule has 0 aliphatic carbocycles. The molecule has 0 unspecified atom stereocenters. The Morgan fingerprint density at radius 2 is 2.05 bits per heavy atom. The Balaban J connectivity index is 2.04. The van der Waals surface area contributed by atoms with Crippen molar-refractivity contribution in [1.29, 1.82) is 0 Å². The summed E-state index contributed by atoms with van der Waals surface area (Å²) in [4.78, 5) is 20.4. The van der Waals surface area contributed by atoms with Crippen LogP contribution >= 0.6 is 0 Å². The summed E-state index contributed by atoms with van der Waals surface area (Å²) in [5.41, 5.74) is 1.09. The third-order valence-corrected chi connectivity index (χ3v) is 2.72. The molecule has 22 heavy (non-hydrogen) atoms. The fourth-order valence-electron chi connectivity index (χ4n) is 1.67. The molecule has 1 aromatic heterocycles. The topological polar surface area (TPSA) is 63.6 Å². The first kappa shape index (κ1) is 15.6. The SMILES string of the molecule is CCOC(=NCc1ccccn1)NC(=O)c1ccc(F)cc1. The highest BCUT2D eigenvalue weighted by Crippen LogP contribution is 2.03. The van der Waals surface area contributed by atoms with E-state index in [9.17, 15) is 9.18 Å². The van der Waals surface area contributed by atoms with Crippen LogP contribution in [-0.4, -0.2) is 23.5 Å². The van der Waals surface area contributed by atoms with Gasteiger partial charge in [0.05, 0.1) is 18.8 Å². The summed E-state index contributed by atoms with van der Waals surface area (Å²) in [5, 5.41) is 2.56. The summed E-state index contributed by atoms with van der Waals surface area (Å²) in [6, 6.07) is 10.8. The lowest BCUT2D eigenvalue weighted by molar-refractivity contribution is 0.0966. The van der Waals surface area contributed by atoms with Gasteiger partial charge in [0.2, 0.25) is 0 Å². The van der Waals surface area contributed by atoms with Crippen molar-refractivity contribution in [3.05, 3.63) is 65.7 Å². The van der Waals surface area contributed by atoms with Crippen LogP contribution < -0.4 is 5.32 Å².